The predicted molar refractivity (Wildman–Crippen MR) is 131 cm³/mol. The van der Waals surface area contributed by atoms with Crippen LogP contribution in [0.5, 0.6) is 5.75 Å². The van der Waals surface area contributed by atoms with Gasteiger partial charge in [0.05, 0.1) is 12.6 Å². The maximum atomic E-state index is 5.94. The monoisotopic (exact) mass is 419 g/mol. The van der Waals surface area contributed by atoms with E-state index >= 15 is 0 Å². The molecule has 3 aliphatic carbocycles. The molecule has 0 saturated heterocycles. The largest absolute Gasteiger partial charge is 0.493 e. The normalized spacial score (nSPS) is 24.6. The molecule has 1 N–H and O–H groups in total. The Kier molecular flexibility index (Phi) is 6.64. The van der Waals surface area contributed by atoms with E-state index in [2.05, 4.69) is 70.7 Å². The molecule has 3 aliphatic rings. The molecule has 0 aromatic heterocycles. The molecule has 2 nitrogen and oxygen atoms in total. The average Bonchev–Trinajstić information content (AvgIpc) is 3.50. The lowest BCUT2D eigenvalue weighted by Crippen LogP contribution is -2.29. The lowest BCUT2D eigenvalue weighted by molar-refractivity contribution is 0.299. The van der Waals surface area contributed by atoms with Gasteiger partial charge in [-0.25, -0.2) is 0 Å². The first-order chi connectivity index (χ1) is 14.5. The summed E-state index contributed by atoms with van der Waals surface area (Å²) in [4.78, 5) is 0. The maximum absolute atomic E-state index is 5.94. The third-order valence-corrected chi connectivity index (χ3v) is 7.23. The fourth-order valence-electron chi connectivity index (χ4n) is 4.53. The number of rotatable bonds is 9. The third-order valence-electron chi connectivity index (χ3n) is 6.63. The zero-order valence-corrected chi connectivity index (χ0v) is 19.1. The van der Waals surface area contributed by atoms with Gasteiger partial charge in [-0.3, -0.25) is 0 Å². The molecule has 30 heavy (non-hydrogen) atoms. The van der Waals surface area contributed by atoms with E-state index in [1.54, 1.807) is 0 Å². The second-order valence-electron chi connectivity index (χ2n) is 8.96. The van der Waals surface area contributed by atoms with Crippen LogP contribution in [0.1, 0.15) is 50.1 Å². The average molecular weight is 420 g/mol. The number of ether oxygens (including phenoxy) is 1. The summed E-state index contributed by atoms with van der Waals surface area (Å²) in [6.07, 6.45) is 13.4. The summed E-state index contributed by atoms with van der Waals surface area (Å²) >= 11 is 0. The van der Waals surface area contributed by atoms with E-state index in [4.69, 9.17) is 4.74 Å². The molecule has 4 unspecified atom stereocenters. The second-order valence-corrected chi connectivity index (χ2v) is 9.76. The number of nitrogens with one attached hydrogen (secondary N) is 1. The Morgan fingerprint density at radius 2 is 1.97 bits per heavy atom. The van der Waals surface area contributed by atoms with Crippen molar-refractivity contribution in [2.75, 3.05) is 6.61 Å². The maximum Gasteiger partial charge on any atom is 0.119 e. The number of allylic oxidation sites excluding steroid dienone is 5. The lowest BCUT2D eigenvalue weighted by atomic mass is 9.88. The molecule has 0 bridgehead atoms. The fraction of sp³-hybridized carbons (Fsp3) is 0.407. The van der Waals surface area contributed by atoms with Gasteiger partial charge in [-0.05, 0) is 73.3 Å². The summed E-state index contributed by atoms with van der Waals surface area (Å²) < 4.78 is 5.94. The van der Waals surface area contributed by atoms with Crippen LogP contribution in [0.3, 0.4) is 0 Å². The van der Waals surface area contributed by atoms with Crippen molar-refractivity contribution in [3.05, 3.63) is 90.2 Å². The van der Waals surface area contributed by atoms with Crippen molar-refractivity contribution in [1.29, 1.82) is 0 Å². The Morgan fingerprint density at radius 1 is 1.20 bits per heavy atom. The number of hydrogen-bond donors (Lipinski definition) is 1. The van der Waals surface area contributed by atoms with Crippen molar-refractivity contribution < 1.29 is 4.74 Å². The van der Waals surface area contributed by atoms with E-state index in [1.165, 1.54) is 48.0 Å². The van der Waals surface area contributed by atoms with Gasteiger partial charge >= 0.3 is 0 Å². The minimum absolute atomic E-state index is 0.188. The Morgan fingerprint density at radius 3 is 2.57 bits per heavy atom. The highest BCUT2D eigenvalue weighted by molar-refractivity contribution is 7.18. The topological polar surface area (TPSA) is 21.3 Å². The highest BCUT2D eigenvalue weighted by Crippen LogP contribution is 2.41. The van der Waals surface area contributed by atoms with Crippen LogP contribution < -0.4 is 10.1 Å². The van der Waals surface area contributed by atoms with Crippen molar-refractivity contribution in [2.45, 2.75) is 50.2 Å². The van der Waals surface area contributed by atoms with Crippen LogP contribution in [-0.2, 0) is 0 Å². The minimum Gasteiger partial charge on any atom is -0.493 e. The molecule has 0 radical (unpaired) electrons. The van der Waals surface area contributed by atoms with Crippen molar-refractivity contribution in [1.82, 2.24) is 5.32 Å². The third kappa shape index (κ3) is 4.98. The van der Waals surface area contributed by atoms with Gasteiger partial charge in [0.25, 0.3) is 0 Å². The SMILES string of the molecule is C=CC1=CC=C(C(=C)NC(c2ccc(OCC3CC3)cc2)C2CCCC2=C)C(P)C1. The minimum atomic E-state index is 0.188. The second kappa shape index (κ2) is 9.40. The Labute approximate surface area is 184 Å². The first-order valence-electron chi connectivity index (χ1n) is 11.2. The summed E-state index contributed by atoms with van der Waals surface area (Å²) in [7, 11) is 2.96. The van der Waals surface area contributed by atoms with Crippen LogP contribution in [0.2, 0.25) is 0 Å². The van der Waals surface area contributed by atoms with E-state index in [0.29, 0.717) is 11.6 Å². The van der Waals surface area contributed by atoms with Crippen molar-refractivity contribution >= 4 is 9.24 Å². The summed E-state index contributed by atoms with van der Waals surface area (Å²) in [5.41, 5.74) is 6.52. The smallest absolute Gasteiger partial charge is 0.119 e. The quantitative estimate of drug-likeness (QED) is 0.357. The van der Waals surface area contributed by atoms with E-state index < -0.39 is 0 Å². The molecule has 1 aromatic carbocycles. The van der Waals surface area contributed by atoms with E-state index in [1.807, 2.05) is 6.08 Å². The van der Waals surface area contributed by atoms with Gasteiger partial charge in [0.15, 0.2) is 0 Å². The van der Waals surface area contributed by atoms with Crippen molar-refractivity contribution in [3.8, 4) is 5.75 Å². The lowest BCUT2D eigenvalue weighted by Gasteiger charge is -2.31. The first-order valence-corrected chi connectivity index (χ1v) is 11.9. The zero-order valence-electron chi connectivity index (χ0n) is 17.9. The summed E-state index contributed by atoms with van der Waals surface area (Å²) in [6, 6.07) is 8.84. The molecule has 0 aliphatic heterocycles. The Hall–Kier alpha value is -2.05. The molecule has 2 fully saturated rings. The van der Waals surface area contributed by atoms with Gasteiger partial charge in [-0.2, -0.15) is 0 Å². The van der Waals surface area contributed by atoms with Gasteiger partial charge < -0.3 is 10.1 Å². The van der Waals surface area contributed by atoms with Gasteiger partial charge in [0, 0.05) is 17.3 Å². The molecule has 4 atom stereocenters. The standard InChI is InChI=1S/C27H34NOP/c1-4-20-10-15-25(26(30)16-20)19(3)28-27(24-7-5-6-18(24)2)22-11-13-23(14-12-22)29-17-21-8-9-21/h4,10-15,21,24,26-28H,1-3,5-9,16-17,30H2. The molecule has 158 valence electrons. The van der Waals surface area contributed by atoms with Gasteiger partial charge in [-0.1, -0.05) is 55.7 Å². The van der Waals surface area contributed by atoms with Gasteiger partial charge in [0.2, 0.25) is 0 Å². The summed E-state index contributed by atoms with van der Waals surface area (Å²) in [6.45, 7) is 13.5. The molecule has 0 heterocycles. The van der Waals surface area contributed by atoms with E-state index in [9.17, 15) is 0 Å². The fourth-order valence-corrected chi connectivity index (χ4v) is 5.11. The molecule has 3 heteroatoms. The molecule has 0 spiro atoms. The summed E-state index contributed by atoms with van der Waals surface area (Å²) in [5.74, 6) is 2.17. The number of hydrogen-bond acceptors (Lipinski definition) is 2. The van der Waals surface area contributed by atoms with Crippen LogP contribution in [-0.4, -0.2) is 12.3 Å². The van der Waals surface area contributed by atoms with Crippen LogP contribution in [0.25, 0.3) is 0 Å². The zero-order chi connectivity index (χ0) is 21.1. The molecule has 2 saturated carbocycles. The molecule has 4 rings (SSSR count). The van der Waals surface area contributed by atoms with Gasteiger partial charge in [0.1, 0.15) is 5.75 Å². The first kappa shape index (κ1) is 21.2. The molecular formula is C27H34NOP. The molecular weight excluding hydrogens is 385 g/mol. The highest BCUT2D eigenvalue weighted by Gasteiger charge is 2.30. The Balaban J connectivity index is 1.52. The van der Waals surface area contributed by atoms with Crippen molar-refractivity contribution in [3.63, 3.8) is 0 Å². The highest BCUT2D eigenvalue weighted by atomic mass is 31.0. The molecule has 1 aromatic rings. The van der Waals surface area contributed by atoms with Crippen LogP contribution >= 0.6 is 9.24 Å². The van der Waals surface area contributed by atoms with Crippen LogP contribution in [0.4, 0.5) is 0 Å². The summed E-state index contributed by atoms with van der Waals surface area (Å²) in [5, 5.41) is 3.79. The van der Waals surface area contributed by atoms with E-state index in [-0.39, 0.29) is 6.04 Å². The van der Waals surface area contributed by atoms with Gasteiger partial charge in [-0.15, -0.1) is 9.24 Å². The van der Waals surface area contributed by atoms with Crippen LogP contribution in [0.15, 0.2) is 84.6 Å². The Bertz CT molecular complexity index is 875. The predicted octanol–water partition coefficient (Wildman–Crippen LogP) is 6.66. The van der Waals surface area contributed by atoms with E-state index in [0.717, 1.165) is 36.8 Å². The van der Waals surface area contributed by atoms with Crippen LogP contribution in [0, 0.1) is 11.8 Å². The molecule has 0 amide bonds. The number of benzene rings is 1. The van der Waals surface area contributed by atoms with Crippen molar-refractivity contribution in [2.24, 2.45) is 11.8 Å².